The minimum absolute atomic E-state index is 0.313. The Morgan fingerprint density at radius 2 is 1.68 bits per heavy atom. The van der Waals surface area contributed by atoms with Crippen LogP contribution in [0.25, 0.3) is 6.08 Å². The van der Waals surface area contributed by atoms with Gasteiger partial charge in [-0.25, -0.2) is 9.59 Å². The van der Waals surface area contributed by atoms with Crippen LogP contribution in [-0.4, -0.2) is 50.7 Å². The normalized spacial score (nSPS) is 9.04. The molecule has 0 atom stereocenters. The Morgan fingerprint density at radius 3 is 2.07 bits per heavy atom. The van der Waals surface area contributed by atoms with E-state index in [4.69, 9.17) is 4.74 Å². The van der Waals surface area contributed by atoms with E-state index in [9.17, 15) is 9.59 Å². The van der Waals surface area contributed by atoms with Crippen LogP contribution in [0.3, 0.4) is 0 Å². The molecule has 0 heterocycles. The molecule has 5 heteroatoms. The van der Waals surface area contributed by atoms with Crippen molar-refractivity contribution >= 4 is 18.0 Å². The average Bonchev–Trinajstić information content (AvgIpc) is 2.69. The zero-order valence-electron chi connectivity index (χ0n) is 17.8. The van der Waals surface area contributed by atoms with Crippen LogP contribution in [0.5, 0.6) is 0 Å². The van der Waals surface area contributed by atoms with Crippen LogP contribution in [0.4, 0.5) is 0 Å². The van der Waals surface area contributed by atoms with Crippen LogP contribution in [-0.2, 0) is 19.1 Å². The van der Waals surface area contributed by atoms with Gasteiger partial charge in [0.15, 0.2) is 0 Å². The summed E-state index contributed by atoms with van der Waals surface area (Å²) in [5.74, 6) is -0.643. The lowest BCUT2D eigenvalue weighted by Gasteiger charge is -2.09. The first kappa shape index (κ1) is 27.6. The maximum absolute atomic E-state index is 10.8. The molecular formula is C23H35NO4. The summed E-state index contributed by atoms with van der Waals surface area (Å²) in [5.41, 5.74) is 1.62. The Balaban J connectivity index is 0. The first-order valence-corrected chi connectivity index (χ1v) is 9.22. The third kappa shape index (κ3) is 19.7. The highest BCUT2D eigenvalue weighted by Crippen LogP contribution is 1.97. The molecule has 0 aliphatic carbocycles. The summed E-state index contributed by atoms with van der Waals surface area (Å²) >= 11 is 0. The second kappa shape index (κ2) is 19.1. The van der Waals surface area contributed by atoms with Crippen LogP contribution < -0.4 is 0 Å². The summed E-state index contributed by atoms with van der Waals surface area (Å²) in [4.78, 5) is 23.1. The quantitative estimate of drug-likeness (QED) is 0.353. The van der Waals surface area contributed by atoms with Crippen molar-refractivity contribution in [2.45, 2.75) is 26.7 Å². The van der Waals surface area contributed by atoms with Gasteiger partial charge in [-0.2, -0.15) is 0 Å². The fourth-order valence-electron chi connectivity index (χ4n) is 1.41. The number of ether oxygens (including phenoxy) is 2. The lowest BCUT2D eigenvalue weighted by Crippen LogP contribution is -2.20. The molecule has 156 valence electrons. The van der Waals surface area contributed by atoms with E-state index in [0.717, 1.165) is 19.4 Å². The largest absolute Gasteiger partial charge is 0.463 e. The maximum Gasteiger partial charge on any atom is 0.333 e. The van der Waals surface area contributed by atoms with Crippen molar-refractivity contribution in [2.75, 3.05) is 33.9 Å². The van der Waals surface area contributed by atoms with Crippen LogP contribution in [0.1, 0.15) is 32.3 Å². The number of likely N-dealkylation sites (N-methyl/N-ethyl adjacent to an activating group) is 1. The van der Waals surface area contributed by atoms with Crippen molar-refractivity contribution in [1.82, 2.24) is 4.90 Å². The molecule has 0 fully saturated rings. The molecule has 0 amide bonds. The smallest absolute Gasteiger partial charge is 0.333 e. The van der Waals surface area contributed by atoms with E-state index >= 15 is 0 Å². The van der Waals surface area contributed by atoms with Gasteiger partial charge < -0.3 is 14.4 Å². The van der Waals surface area contributed by atoms with Gasteiger partial charge in [0.2, 0.25) is 0 Å². The van der Waals surface area contributed by atoms with E-state index in [1.165, 1.54) is 11.6 Å². The predicted octanol–water partition coefficient (Wildman–Crippen LogP) is 4.51. The van der Waals surface area contributed by atoms with Gasteiger partial charge in [-0.05, 0) is 33.0 Å². The van der Waals surface area contributed by atoms with E-state index in [0.29, 0.717) is 18.8 Å². The fraction of sp³-hybridized carbons (Fsp3) is 0.391. The van der Waals surface area contributed by atoms with Gasteiger partial charge in [0, 0.05) is 18.2 Å². The molecule has 0 radical (unpaired) electrons. The fourth-order valence-corrected chi connectivity index (χ4v) is 1.41. The summed E-state index contributed by atoms with van der Waals surface area (Å²) in [5, 5.41) is 0. The maximum atomic E-state index is 10.8. The number of nitrogens with zero attached hydrogens (tertiary/aromatic N) is 1. The van der Waals surface area contributed by atoms with Gasteiger partial charge in [-0.15, -0.1) is 0 Å². The molecule has 0 N–H and O–H groups in total. The molecule has 1 aromatic rings. The summed E-state index contributed by atoms with van der Waals surface area (Å²) in [6.45, 7) is 15.7. The summed E-state index contributed by atoms with van der Waals surface area (Å²) in [6, 6.07) is 10.0. The first-order valence-electron chi connectivity index (χ1n) is 9.22. The predicted molar refractivity (Wildman–Crippen MR) is 117 cm³/mol. The van der Waals surface area contributed by atoms with Crippen molar-refractivity contribution in [2.24, 2.45) is 0 Å². The SMILES string of the molecule is C=C(C)C(=O)OCCN(C)C.C=CC(=O)OCCCC.C=Cc1ccccc1. The lowest BCUT2D eigenvalue weighted by atomic mass is 10.2. The molecule has 5 nitrogen and oxygen atoms in total. The van der Waals surface area contributed by atoms with Gasteiger partial charge in [0.1, 0.15) is 6.61 Å². The Bertz CT molecular complexity index is 580. The zero-order valence-corrected chi connectivity index (χ0v) is 17.8. The number of carbonyl (C=O) groups excluding carboxylic acids is 2. The number of carbonyl (C=O) groups is 2. The number of esters is 2. The van der Waals surface area contributed by atoms with Crippen LogP contribution in [0, 0.1) is 0 Å². The Kier molecular flexibility index (Phi) is 18.8. The van der Waals surface area contributed by atoms with Crippen LogP contribution in [0.15, 0.2) is 61.7 Å². The summed E-state index contributed by atoms with van der Waals surface area (Å²) in [7, 11) is 3.85. The van der Waals surface area contributed by atoms with E-state index in [1.54, 1.807) is 6.92 Å². The Morgan fingerprint density at radius 1 is 1.07 bits per heavy atom. The molecule has 0 saturated carbocycles. The van der Waals surface area contributed by atoms with E-state index in [2.05, 4.69) is 24.5 Å². The Labute approximate surface area is 170 Å². The van der Waals surface area contributed by atoms with Crippen molar-refractivity contribution in [3.63, 3.8) is 0 Å². The summed E-state index contributed by atoms with van der Waals surface area (Å²) in [6.07, 6.45) is 4.99. The van der Waals surface area contributed by atoms with E-state index in [1.807, 2.05) is 62.3 Å². The molecule has 1 rings (SSSR count). The number of hydrogen-bond donors (Lipinski definition) is 0. The molecule has 1 aromatic carbocycles. The topological polar surface area (TPSA) is 55.8 Å². The van der Waals surface area contributed by atoms with Crippen molar-refractivity contribution < 1.29 is 19.1 Å². The third-order valence-electron chi connectivity index (χ3n) is 3.06. The molecule has 0 aliphatic heterocycles. The lowest BCUT2D eigenvalue weighted by molar-refractivity contribution is -0.139. The second-order valence-electron chi connectivity index (χ2n) is 6.06. The Hall–Kier alpha value is -2.66. The van der Waals surface area contributed by atoms with Crippen molar-refractivity contribution in [1.29, 1.82) is 0 Å². The molecule has 0 spiro atoms. The van der Waals surface area contributed by atoms with E-state index in [-0.39, 0.29) is 11.9 Å². The average molecular weight is 390 g/mol. The van der Waals surface area contributed by atoms with Gasteiger partial charge in [-0.1, -0.05) is 69.5 Å². The minimum Gasteiger partial charge on any atom is -0.463 e. The minimum atomic E-state index is -0.330. The molecule has 28 heavy (non-hydrogen) atoms. The highest BCUT2D eigenvalue weighted by Gasteiger charge is 2.01. The number of rotatable bonds is 9. The van der Waals surface area contributed by atoms with Crippen molar-refractivity contribution in [3.05, 3.63) is 67.3 Å². The molecule has 0 aromatic heterocycles. The number of benzene rings is 1. The van der Waals surface area contributed by atoms with Crippen LogP contribution in [0.2, 0.25) is 0 Å². The van der Waals surface area contributed by atoms with E-state index < -0.39 is 0 Å². The summed E-state index contributed by atoms with van der Waals surface area (Å²) < 4.78 is 9.51. The molecule has 0 aliphatic rings. The number of unbranched alkanes of at least 4 members (excludes halogenated alkanes) is 1. The zero-order chi connectivity index (χ0) is 21.8. The highest BCUT2D eigenvalue weighted by atomic mass is 16.5. The highest BCUT2D eigenvalue weighted by molar-refractivity contribution is 5.86. The van der Waals surface area contributed by atoms with Crippen LogP contribution >= 0.6 is 0 Å². The first-order chi connectivity index (χ1) is 13.3. The second-order valence-corrected chi connectivity index (χ2v) is 6.06. The molecular weight excluding hydrogens is 354 g/mol. The van der Waals surface area contributed by atoms with Gasteiger partial charge >= 0.3 is 11.9 Å². The standard InChI is InChI=1S/C8H15NO2.C8H8.C7H12O2/c1-7(2)8(10)11-6-5-9(3)4;1-2-8-6-4-3-5-7-8;1-3-5-6-9-7(8)4-2/h1,5-6H2,2-4H3;2-7H,1H2;4H,2-3,5-6H2,1H3. The third-order valence-corrected chi connectivity index (χ3v) is 3.06. The number of hydrogen-bond acceptors (Lipinski definition) is 5. The van der Waals surface area contributed by atoms with Gasteiger partial charge in [0.05, 0.1) is 6.61 Å². The van der Waals surface area contributed by atoms with Gasteiger partial charge in [-0.3, -0.25) is 0 Å². The van der Waals surface area contributed by atoms with Gasteiger partial charge in [0.25, 0.3) is 0 Å². The molecule has 0 unspecified atom stereocenters. The molecule has 0 saturated heterocycles. The molecule has 0 bridgehead atoms. The van der Waals surface area contributed by atoms with Crippen molar-refractivity contribution in [3.8, 4) is 0 Å². The monoisotopic (exact) mass is 389 g/mol.